The number of ether oxygens (including phenoxy) is 1. The van der Waals surface area contributed by atoms with Gasteiger partial charge in [0.25, 0.3) is 5.91 Å². The van der Waals surface area contributed by atoms with Crippen LogP contribution < -0.4 is 10.6 Å². The quantitative estimate of drug-likeness (QED) is 0.220. The zero-order valence-electron chi connectivity index (χ0n) is 25.9. The number of nitrogens with zero attached hydrogens (tertiary/aromatic N) is 2. The highest BCUT2D eigenvalue weighted by Crippen LogP contribution is 2.42. The Hall–Kier alpha value is -3.45. The van der Waals surface area contributed by atoms with Gasteiger partial charge >= 0.3 is 0 Å². The van der Waals surface area contributed by atoms with Crippen LogP contribution in [0.15, 0.2) is 72.8 Å². The molecule has 3 heterocycles. The van der Waals surface area contributed by atoms with Gasteiger partial charge in [-0.1, -0.05) is 77.9 Å². The third kappa shape index (κ3) is 6.42. The number of hydrogen-bond donors (Lipinski definition) is 2. The summed E-state index contributed by atoms with van der Waals surface area (Å²) < 4.78 is 7.86. The van der Waals surface area contributed by atoms with Gasteiger partial charge in [0.2, 0.25) is 0 Å². The molecule has 226 valence electrons. The van der Waals surface area contributed by atoms with E-state index in [-0.39, 0.29) is 17.9 Å². The Balaban J connectivity index is 1.46. The molecule has 2 fully saturated rings. The molecule has 4 aromatic rings. The maximum Gasteiger partial charge on any atom is 0.268 e. The number of aryl methyl sites for hydroxylation is 2. The summed E-state index contributed by atoms with van der Waals surface area (Å²) >= 11 is 0. The van der Waals surface area contributed by atoms with Crippen molar-refractivity contribution in [1.82, 2.24) is 20.1 Å². The molecular formula is C37H46N4O2. The Morgan fingerprint density at radius 1 is 0.953 bits per heavy atom. The van der Waals surface area contributed by atoms with Crippen molar-refractivity contribution in [2.45, 2.75) is 58.0 Å². The number of fused-ring (bicyclic) bond motifs is 1. The fourth-order valence-electron chi connectivity index (χ4n) is 7.00. The van der Waals surface area contributed by atoms with E-state index in [2.05, 4.69) is 114 Å². The van der Waals surface area contributed by atoms with Crippen LogP contribution in [0.4, 0.5) is 0 Å². The number of amides is 1. The van der Waals surface area contributed by atoms with Crippen LogP contribution in [-0.4, -0.2) is 67.4 Å². The zero-order chi connectivity index (χ0) is 29.8. The summed E-state index contributed by atoms with van der Waals surface area (Å²) in [7, 11) is 0. The van der Waals surface area contributed by atoms with E-state index in [1.165, 1.54) is 28.7 Å². The summed E-state index contributed by atoms with van der Waals surface area (Å²) in [5.41, 5.74) is 7.87. The van der Waals surface area contributed by atoms with Crippen molar-refractivity contribution in [2.24, 2.45) is 0 Å². The van der Waals surface area contributed by atoms with Gasteiger partial charge < -0.3 is 19.9 Å². The first-order chi connectivity index (χ1) is 21.0. The number of carbonyl (C=O) groups is 1. The molecule has 6 rings (SSSR count). The smallest absolute Gasteiger partial charge is 0.268 e. The average Bonchev–Trinajstić information content (AvgIpc) is 3.69. The second-order valence-electron chi connectivity index (χ2n) is 12.4. The minimum Gasteiger partial charge on any atom is -0.379 e. The summed E-state index contributed by atoms with van der Waals surface area (Å²) in [5, 5.41) is 8.23. The maximum absolute atomic E-state index is 14.5. The SMILES string of the molecule is Cc1ccc(C(c2ccc(C)cc2)c2c(C(=O)NCCCN3CCOCC3)n(C(C)C3CCCN3)c3ccccc23)cc1. The lowest BCUT2D eigenvalue weighted by Gasteiger charge is -2.27. The van der Waals surface area contributed by atoms with Crippen molar-refractivity contribution in [1.29, 1.82) is 0 Å². The largest absolute Gasteiger partial charge is 0.379 e. The van der Waals surface area contributed by atoms with Crippen LogP contribution >= 0.6 is 0 Å². The highest BCUT2D eigenvalue weighted by molar-refractivity contribution is 6.03. The lowest BCUT2D eigenvalue weighted by atomic mass is 9.83. The highest BCUT2D eigenvalue weighted by atomic mass is 16.5. The molecule has 2 unspecified atom stereocenters. The molecule has 1 amide bonds. The van der Waals surface area contributed by atoms with Gasteiger partial charge in [0, 0.05) is 54.1 Å². The molecule has 2 aliphatic rings. The van der Waals surface area contributed by atoms with E-state index in [1.807, 2.05) is 0 Å². The molecule has 0 aliphatic carbocycles. The number of para-hydroxylation sites is 1. The minimum atomic E-state index is -0.0785. The first kappa shape index (κ1) is 29.6. The van der Waals surface area contributed by atoms with Crippen LogP contribution in [0.25, 0.3) is 10.9 Å². The van der Waals surface area contributed by atoms with Crippen LogP contribution in [0.2, 0.25) is 0 Å². The molecule has 0 saturated carbocycles. The molecule has 2 saturated heterocycles. The predicted molar refractivity (Wildman–Crippen MR) is 175 cm³/mol. The molecule has 0 bridgehead atoms. The van der Waals surface area contributed by atoms with Crippen LogP contribution in [0.1, 0.15) is 76.5 Å². The molecule has 43 heavy (non-hydrogen) atoms. The molecule has 1 aromatic heterocycles. The molecule has 0 spiro atoms. The van der Waals surface area contributed by atoms with Crippen LogP contribution in [0.3, 0.4) is 0 Å². The highest BCUT2D eigenvalue weighted by Gasteiger charge is 2.34. The van der Waals surface area contributed by atoms with E-state index >= 15 is 0 Å². The summed E-state index contributed by atoms with van der Waals surface area (Å²) in [5.74, 6) is -0.0626. The van der Waals surface area contributed by atoms with Gasteiger partial charge in [-0.25, -0.2) is 0 Å². The maximum atomic E-state index is 14.5. The lowest BCUT2D eigenvalue weighted by Crippen LogP contribution is -2.38. The van der Waals surface area contributed by atoms with Crippen LogP contribution in [0, 0.1) is 13.8 Å². The van der Waals surface area contributed by atoms with Crippen molar-refractivity contribution in [3.63, 3.8) is 0 Å². The van der Waals surface area contributed by atoms with E-state index in [0.717, 1.165) is 74.4 Å². The van der Waals surface area contributed by atoms with Gasteiger partial charge in [-0.3, -0.25) is 9.69 Å². The van der Waals surface area contributed by atoms with E-state index in [4.69, 9.17) is 4.74 Å². The van der Waals surface area contributed by atoms with E-state index < -0.39 is 0 Å². The summed E-state index contributed by atoms with van der Waals surface area (Å²) in [6, 6.07) is 26.8. The summed E-state index contributed by atoms with van der Waals surface area (Å²) in [6.07, 6.45) is 3.20. The van der Waals surface area contributed by atoms with Crippen molar-refractivity contribution >= 4 is 16.8 Å². The second kappa shape index (κ2) is 13.5. The third-order valence-electron chi connectivity index (χ3n) is 9.40. The fraction of sp³-hybridized carbons (Fsp3) is 0.432. The van der Waals surface area contributed by atoms with Gasteiger partial charge in [-0.2, -0.15) is 0 Å². The van der Waals surface area contributed by atoms with Gasteiger partial charge in [0.1, 0.15) is 5.69 Å². The topological polar surface area (TPSA) is 58.5 Å². The first-order valence-electron chi connectivity index (χ1n) is 16.1. The molecule has 0 radical (unpaired) electrons. The van der Waals surface area contributed by atoms with Crippen molar-refractivity contribution in [2.75, 3.05) is 45.9 Å². The van der Waals surface area contributed by atoms with E-state index in [9.17, 15) is 4.79 Å². The van der Waals surface area contributed by atoms with Gasteiger partial charge in [0.15, 0.2) is 0 Å². The summed E-state index contributed by atoms with van der Waals surface area (Å²) in [6.45, 7) is 12.7. The zero-order valence-corrected chi connectivity index (χ0v) is 25.9. The fourth-order valence-corrected chi connectivity index (χ4v) is 7.00. The van der Waals surface area contributed by atoms with Gasteiger partial charge in [-0.05, 0) is 70.3 Å². The Bertz CT molecular complexity index is 1470. The van der Waals surface area contributed by atoms with Crippen molar-refractivity contribution in [3.05, 3.63) is 106 Å². The summed E-state index contributed by atoms with van der Waals surface area (Å²) in [4.78, 5) is 16.9. The molecule has 6 nitrogen and oxygen atoms in total. The Labute approximate surface area is 256 Å². The molecule has 2 aliphatic heterocycles. The van der Waals surface area contributed by atoms with E-state index in [1.54, 1.807) is 0 Å². The first-order valence-corrected chi connectivity index (χ1v) is 16.1. The Morgan fingerprint density at radius 3 is 2.23 bits per heavy atom. The minimum absolute atomic E-state index is 0.0160. The number of aromatic nitrogens is 1. The van der Waals surface area contributed by atoms with Crippen molar-refractivity contribution in [3.8, 4) is 0 Å². The average molecular weight is 579 g/mol. The number of benzene rings is 3. The second-order valence-corrected chi connectivity index (χ2v) is 12.4. The lowest BCUT2D eigenvalue weighted by molar-refractivity contribution is 0.0374. The molecule has 3 aromatic carbocycles. The number of hydrogen-bond acceptors (Lipinski definition) is 4. The van der Waals surface area contributed by atoms with E-state index in [0.29, 0.717) is 12.6 Å². The number of nitrogens with one attached hydrogen (secondary N) is 2. The van der Waals surface area contributed by atoms with Crippen LogP contribution in [-0.2, 0) is 4.74 Å². The monoisotopic (exact) mass is 578 g/mol. The van der Waals surface area contributed by atoms with Crippen molar-refractivity contribution < 1.29 is 9.53 Å². The number of rotatable bonds is 10. The third-order valence-corrected chi connectivity index (χ3v) is 9.40. The standard InChI is InChI=1S/C37H46N4O2/c1-26-11-15-29(16-12-26)34(30-17-13-27(2)14-18-30)35-31-8-4-5-10-33(31)41(28(3)32-9-6-19-38-32)36(35)37(42)39-20-7-21-40-22-24-43-25-23-40/h4-5,8,10-18,28,32,34,38H,6-7,9,19-25H2,1-3H3,(H,39,42). The molecular weight excluding hydrogens is 532 g/mol. The number of morpholine rings is 1. The Morgan fingerprint density at radius 2 is 1.60 bits per heavy atom. The van der Waals surface area contributed by atoms with Gasteiger partial charge in [-0.15, -0.1) is 0 Å². The molecule has 6 heteroatoms. The number of carbonyl (C=O) groups excluding carboxylic acids is 1. The predicted octanol–water partition coefficient (Wildman–Crippen LogP) is 6.20. The molecule has 2 atom stereocenters. The van der Waals surface area contributed by atoms with Crippen LogP contribution in [0.5, 0.6) is 0 Å². The molecule has 2 N–H and O–H groups in total. The van der Waals surface area contributed by atoms with Gasteiger partial charge in [0.05, 0.1) is 13.2 Å². The normalized spacial score (nSPS) is 18.4. The Kier molecular flexibility index (Phi) is 9.27.